The Kier molecular flexibility index (Phi) is 6.83. The first-order valence-electron chi connectivity index (χ1n) is 15.1. The lowest BCUT2D eigenvalue weighted by Gasteiger charge is -2.79. The lowest BCUT2D eigenvalue weighted by atomic mass is 9.25. The van der Waals surface area contributed by atoms with E-state index in [0.717, 1.165) is 18.3 Å². The Hall–Kier alpha value is -0.990. The van der Waals surface area contributed by atoms with Gasteiger partial charge in [0, 0.05) is 6.42 Å². The van der Waals surface area contributed by atoms with Crippen LogP contribution in [-0.2, 0) is 4.79 Å². The Bertz CT molecular complexity index is 898. The summed E-state index contributed by atoms with van der Waals surface area (Å²) in [6, 6.07) is 0. The zero-order valence-electron chi connectivity index (χ0n) is 25.2. The van der Waals surface area contributed by atoms with E-state index in [1.165, 1.54) is 51.4 Å². The van der Waals surface area contributed by atoms with Gasteiger partial charge in [-0.25, -0.2) is 0 Å². The number of fused-ring (bicyclic) bond motifs is 5. The van der Waals surface area contributed by atoms with Crippen molar-refractivity contribution in [2.75, 3.05) is 6.54 Å². The molecular weight excluding hydrogens is 442 g/mol. The molecule has 0 spiro atoms. The molecule has 0 heterocycles. The highest BCUT2D eigenvalue weighted by Crippen LogP contribution is 2.85. The fraction of sp³-hybridized carbons (Fsp3) is 0.909. The van der Waals surface area contributed by atoms with Crippen LogP contribution in [0.5, 0.6) is 0 Å². The van der Waals surface area contributed by atoms with Gasteiger partial charge >= 0.3 is 0 Å². The van der Waals surface area contributed by atoms with E-state index in [1.54, 1.807) is 0 Å². The van der Waals surface area contributed by atoms with E-state index in [-0.39, 0.29) is 18.2 Å². The van der Waals surface area contributed by atoms with Crippen LogP contribution in [0.15, 0.2) is 12.3 Å². The van der Waals surface area contributed by atoms with E-state index in [0.29, 0.717) is 50.7 Å². The minimum atomic E-state index is 0.0211. The summed E-state index contributed by atoms with van der Waals surface area (Å²) in [4.78, 5) is 12.4. The van der Waals surface area contributed by atoms with E-state index in [1.807, 2.05) is 0 Å². The summed E-state index contributed by atoms with van der Waals surface area (Å²) in [5.74, 6) is 2.84. The maximum absolute atomic E-state index is 12.4. The highest BCUT2D eigenvalue weighted by molar-refractivity contribution is 5.76. The van der Waals surface area contributed by atoms with Gasteiger partial charge in [-0.1, -0.05) is 75.3 Å². The number of hydrogen-bond donors (Lipinski definition) is 2. The molecule has 1 amide bonds. The average Bonchev–Trinajstić information content (AvgIpc) is 3.07. The van der Waals surface area contributed by atoms with Crippen molar-refractivity contribution < 1.29 is 9.90 Å². The van der Waals surface area contributed by atoms with Gasteiger partial charge in [-0.2, -0.15) is 0 Å². The molecule has 4 rings (SSSR count). The molecule has 0 aromatic heterocycles. The summed E-state index contributed by atoms with van der Waals surface area (Å²) in [6.07, 6.45) is 12.3. The third-order valence-corrected chi connectivity index (χ3v) is 14.7. The van der Waals surface area contributed by atoms with E-state index in [9.17, 15) is 9.90 Å². The van der Waals surface area contributed by atoms with Crippen LogP contribution in [0.1, 0.15) is 127 Å². The number of aliphatic hydroxyl groups is 1. The summed E-state index contributed by atoms with van der Waals surface area (Å²) in [6.45, 7) is 27.4. The zero-order chi connectivity index (χ0) is 26.9. The molecular formula is C33H57NO2. The van der Waals surface area contributed by atoms with Crippen molar-refractivity contribution in [3.8, 4) is 0 Å². The maximum atomic E-state index is 12.4. The second-order valence-electron chi connectivity index (χ2n) is 15.6. The maximum Gasteiger partial charge on any atom is 0.220 e. The number of aliphatic hydroxyl groups excluding tert-OH is 1. The Labute approximate surface area is 222 Å². The summed E-state index contributed by atoms with van der Waals surface area (Å²) in [5, 5.41) is 12.1. The van der Waals surface area contributed by atoms with Gasteiger partial charge < -0.3 is 10.4 Å². The highest BCUT2D eigenvalue weighted by atomic mass is 16.3. The first-order valence-corrected chi connectivity index (χ1v) is 15.1. The molecule has 4 aliphatic carbocycles. The van der Waals surface area contributed by atoms with Crippen molar-refractivity contribution in [3.63, 3.8) is 0 Å². The monoisotopic (exact) mass is 499 g/mol. The molecule has 4 saturated carbocycles. The Morgan fingerprint density at radius 1 is 0.944 bits per heavy atom. The van der Waals surface area contributed by atoms with Gasteiger partial charge in [-0.05, 0) is 108 Å². The van der Waals surface area contributed by atoms with Gasteiger partial charge in [0.25, 0.3) is 0 Å². The van der Waals surface area contributed by atoms with Crippen molar-refractivity contribution in [1.82, 2.24) is 5.32 Å². The molecule has 0 aliphatic heterocycles. The molecule has 4 fully saturated rings. The fourth-order valence-corrected chi connectivity index (χ4v) is 11.9. The number of hydrogen-bond acceptors (Lipinski definition) is 2. The molecule has 0 bridgehead atoms. The van der Waals surface area contributed by atoms with Gasteiger partial charge in [-0.3, -0.25) is 4.79 Å². The third-order valence-electron chi connectivity index (χ3n) is 14.7. The van der Waals surface area contributed by atoms with Crippen LogP contribution >= 0.6 is 0 Å². The largest absolute Gasteiger partial charge is 0.511 e. The predicted octanol–water partition coefficient (Wildman–Crippen LogP) is 8.69. The van der Waals surface area contributed by atoms with E-state index in [4.69, 9.17) is 0 Å². The van der Waals surface area contributed by atoms with Crippen molar-refractivity contribution in [2.24, 2.45) is 56.2 Å². The minimum Gasteiger partial charge on any atom is -0.511 e. The van der Waals surface area contributed by atoms with Gasteiger partial charge in [0.15, 0.2) is 0 Å². The van der Waals surface area contributed by atoms with Crippen LogP contribution in [0, 0.1) is 56.2 Å². The predicted molar refractivity (Wildman–Crippen MR) is 151 cm³/mol. The second-order valence-corrected chi connectivity index (χ2v) is 15.6. The second kappa shape index (κ2) is 8.77. The number of carbonyl (C=O) groups excluding carboxylic acids is 1. The first-order chi connectivity index (χ1) is 16.5. The van der Waals surface area contributed by atoms with Crippen LogP contribution < -0.4 is 5.32 Å². The van der Waals surface area contributed by atoms with Gasteiger partial charge in [0.05, 0.1) is 6.54 Å². The molecule has 0 unspecified atom stereocenters. The quantitative estimate of drug-likeness (QED) is 0.359. The molecule has 3 nitrogen and oxygen atoms in total. The number of rotatable bonds is 6. The van der Waals surface area contributed by atoms with Crippen LogP contribution in [0.4, 0.5) is 0 Å². The fourth-order valence-electron chi connectivity index (χ4n) is 11.9. The van der Waals surface area contributed by atoms with Crippen LogP contribution in [0.3, 0.4) is 0 Å². The summed E-state index contributed by atoms with van der Waals surface area (Å²) in [7, 11) is 0. The average molecular weight is 500 g/mol. The number of carbonyl (C=O) groups is 1. The molecule has 4 aliphatic rings. The number of nitrogens with one attached hydrogen (secondary N) is 1. The minimum absolute atomic E-state index is 0.0211. The smallest absolute Gasteiger partial charge is 0.220 e. The van der Waals surface area contributed by atoms with Crippen molar-refractivity contribution in [1.29, 1.82) is 0 Å². The zero-order valence-corrected chi connectivity index (χ0v) is 25.2. The molecule has 0 aromatic carbocycles. The molecule has 0 aromatic rings. The van der Waals surface area contributed by atoms with E-state index in [2.05, 4.69) is 74.2 Å². The van der Waals surface area contributed by atoms with E-state index >= 15 is 0 Å². The molecule has 10 atom stereocenters. The Balaban J connectivity index is 1.62. The SMILES string of the molecule is C=C(O)CNC(=O)CC[C@@H](C)[C@H]1CC[C@@]2(C)[C@]3(C)[C@H](C)C[C@]4(C)C[C@H](C)CC[C@]4(C)[C@@]3(C)CC[C@]12C. The summed E-state index contributed by atoms with van der Waals surface area (Å²) >= 11 is 0. The number of amides is 1. The molecule has 0 radical (unpaired) electrons. The lowest BCUT2D eigenvalue weighted by molar-refractivity contribution is -0.309. The van der Waals surface area contributed by atoms with Crippen molar-refractivity contribution in [3.05, 3.63) is 12.3 Å². The summed E-state index contributed by atoms with van der Waals surface area (Å²) < 4.78 is 0. The Morgan fingerprint density at radius 3 is 2.22 bits per heavy atom. The normalized spacial score (nSPS) is 51.0. The lowest BCUT2D eigenvalue weighted by Crippen LogP contribution is -2.72. The topological polar surface area (TPSA) is 49.3 Å². The van der Waals surface area contributed by atoms with Crippen molar-refractivity contribution >= 4 is 5.91 Å². The standard InChI is InChI=1S/C33H57NO2/c1-22-13-15-30(7)28(5,19-22)20-24(3)33(10)31(8)16-14-26(29(31,6)17-18-32(30,33)9)23(2)11-12-27(36)34-21-25(4)35/h22-24,26,35H,4,11-21H2,1-3,5-10H3,(H,34,36)/t22-,23-,24-,26-,28+,29-,30+,31-,32-,33+/m1/s1. The molecule has 3 heteroatoms. The van der Waals surface area contributed by atoms with Crippen LogP contribution in [0.2, 0.25) is 0 Å². The third kappa shape index (κ3) is 3.45. The molecule has 0 saturated heterocycles. The van der Waals surface area contributed by atoms with Gasteiger partial charge in [0.2, 0.25) is 5.91 Å². The molecule has 206 valence electrons. The van der Waals surface area contributed by atoms with Gasteiger partial charge in [0.1, 0.15) is 5.76 Å². The van der Waals surface area contributed by atoms with Crippen LogP contribution in [0.25, 0.3) is 0 Å². The summed E-state index contributed by atoms with van der Waals surface area (Å²) in [5.41, 5.74) is 2.14. The molecule has 2 N–H and O–H groups in total. The van der Waals surface area contributed by atoms with E-state index < -0.39 is 0 Å². The molecule has 36 heavy (non-hydrogen) atoms. The Morgan fingerprint density at radius 2 is 1.58 bits per heavy atom. The van der Waals surface area contributed by atoms with Gasteiger partial charge in [-0.15, -0.1) is 0 Å². The first kappa shape index (κ1) is 28.0. The highest BCUT2D eigenvalue weighted by Gasteiger charge is 2.78. The van der Waals surface area contributed by atoms with Crippen LogP contribution in [-0.4, -0.2) is 17.6 Å². The van der Waals surface area contributed by atoms with Crippen molar-refractivity contribution in [2.45, 2.75) is 127 Å².